The number of benzene rings is 1. The van der Waals surface area contributed by atoms with Crippen LogP contribution in [-0.2, 0) is 9.53 Å². The Kier molecular flexibility index (Phi) is 6.21. The summed E-state index contributed by atoms with van der Waals surface area (Å²) < 4.78 is 5.23. The smallest absolute Gasteiger partial charge is 0.341 e. The van der Waals surface area contributed by atoms with Crippen LogP contribution in [-0.4, -0.2) is 18.5 Å². The van der Waals surface area contributed by atoms with Gasteiger partial charge in [0.1, 0.15) is 10.6 Å². The third-order valence-corrected chi connectivity index (χ3v) is 5.70. The van der Waals surface area contributed by atoms with E-state index in [1.54, 1.807) is 24.3 Å². The lowest BCUT2D eigenvalue weighted by Crippen LogP contribution is -2.12. The van der Waals surface area contributed by atoms with E-state index in [0.717, 1.165) is 20.9 Å². The molecule has 0 atom stereocenters. The first-order chi connectivity index (χ1) is 13.1. The number of aryl methyl sites for hydroxylation is 1. The Morgan fingerprint density at radius 1 is 1.15 bits per heavy atom. The maximum absolute atomic E-state index is 12.6. The molecule has 6 heteroatoms. The Labute approximate surface area is 166 Å². The summed E-state index contributed by atoms with van der Waals surface area (Å²) in [4.78, 5) is 26.9. The zero-order chi connectivity index (χ0) is 19.2. The van der Waals surface area contributed by atoms with E-state index in [2.05, 4.69) is 5.32 Å². The highest BCUT2D eigenvalue weighted by atomic mass is 32.1. The van der Waals surface area contributed by atoms with Gasteiger partial charge < -0.3 is 10.1 Å². The lowest BCUT2D eigenvalue weighted by Gasteiger charge is -2.07. The predicted octanol–water partition coefficient (Wildman–Crippen LogP) is 5.61. The van der Waals surface area contributed by atoms with Gasteiger partial charge in [-0.2, -0.15) is 0 Å². The molecule has 0 saturated heterocycles. The third-order valence-electron chi connectivity index (χ3n) is 3.79. The number of esters is 1. The predicted molar refractivity (Wildman–Crippen MR) is 112 cm³/mol. The average Bonchev–Trinajstić information content (AvgIpc) is 3.28. The fourth-order valence-corrected chi connectivity index (χ4v) is 4.60. The standard InChI is InChI=1S/C21H19NO3S2/c1-3-25-21(24)19-18(16-10-7-13-26-16)14(2)27-20(19)22-17(23)12-11-15-8-5-4-6-9-15/h4-13H,3H2,1-2H3,(H,22,23)/b12-11+. The van der Waals surface area contributed by atoms with Crippen LogP contribution in [0, 0.1) is 6.92 Å². The van der Waals surface area contributed by atoms with Crippen LogP contribution in [0.1, 0.15) is 27.7 Å². The second kappa shape index (κ2) is 8.79. The number of anilines is 1. The van der Waals surface area contributed by atoms with Gasteiger partial charge in [-0.25, -0.2) is 4.79 Å². The van der Waals surface area contributed by atoms with Crippen LogP contribution in [0.3, 0.4) is 0 Å². The molecule has 0 aliphatic heterocycles. The van der Waals surface area contributed by atoms with Crippen LogP contribution < -0.4 is 5.32 Å². The van der Waals surface area contributed by atoms with Crippen molar-refractivity contribution in [3.63, 3.8) is 0 Å². The fraction of sp³-hybridized carbons (Fsp3) is 0.143. The minimum absolute atomic E-state index is 0.277. The number of ether oxygens (including phenoxy) is 1. The molecule has 1 N–H and O–H groups in total. The van der Waals surface area contributed by atoms with Gasteiger partial charge in [0.2, 0.25) is 5.91 Å². The molecular weight excluding hydrogens is 378 g/mol. The molecule has 3 aromatic rings. The molecule has 27 heavy (non-hydrogen) atoms. The Balaban J connectivity index is 1.90. The highest BCUT2D eigenvalue weighted by Gasteiger charge is 2.25. The van der Waals surface area contributed by atoms with Gasteiger partial charge >= 0.3 is 5.97 Å². The Morgan fingerprint density at radius 3 is 2.59 bits per heavy atom. The largest absolute Gasteiger partial charge is 0.462 e. The minimum atomic E-state index is -0.424. The molecule has 138 valence electrons. The van der Waals surface area contributed by atoms with Gasteiger partial charge in [-0.1, -0.05) is 36.4 Å². The van der Waals surface area contributed by atoms with E-state index < -0.39 is 5.97 Å². The van der Waals surface area contributed by atoms with Gasteiger partial charge in [-0.15, -0.1) is 22.7 Å². The molecular formula is C21H19NO3S2. The number of thiophene rings is 2. The molecule has 0 fully saturated rings. The Morgan fingerprint density at radius 2 is 1.93 bits per heavy atom. The van der Waals surface area contributed by atoms with E-state index in [4.69, 9.17) is 4.74 Å². The number of hydrogen-bond donors (Lipinski definition) is 1. The maximum atomic E-state index is 12.6. The number of amides is 1. The Hall–Kier alpha value is -2.70. The quantitative estimate of drug-likeness (QED) is 0.434. The van der Waals surface area contributed by atoms with Crippen molar-refractivity contribution in [2.24, 2.45) is 0 Å². The minimum Gasteiger partial charge on any atom is -0.462 e. The first kappa shape index (κ1) is 19.1. The normalized spacial score (nSPS) is 10.9. The topological polar surface area (TPSA) is 55.4 Å². The van der Waals surface area contributed by atoms with Crippen molar-refractivity contribution >= 4 is 45.6 Å². The third kappa shape index (κ3) is 4.53. The molecule has 0 radical (unpaired) electrons. The second-order valence-corrected chi connectivity index (χ2v) is 7.84. The van der Waals surface area contributed by atoms with Crippen LogP contribution in [0.5, 0.6) is 0 Å². The van der Waals surface area contributed by atoms with Crippen LogP contribution in [0.15, 0.2) is 53.9 Å². The molecule has 2 aromatic heterocycles. The molecule has 4 nitrogen and oxygen atoms in total. The fourth-order valence-electron chi connectivity index (χ4n) is 2.64. The number of carbonyl (C=O) groups is 2. The van der Waals surface area contributed by atoms with E-state index in [1.807, 2.05) is 54.8 Å². The molecule has 1 amide bonds. The van der Waals surface area contributed by atoms with E-state index in [-0.39, 0.29) is 12.5 Å². The summed E-state index contributed by atoms with van der Waals surface area (Å²) in [6.07, 6.45) is 3.20. The van der Waals surface area contributed by atoms with Crippen molar-refractivity contribution in [1.29, 1.82) is 0 Å². The molecule has 3 rings (SSSR count). The Bertz CT molecular complexity index is 957. The molecule has 0 bridgehead atoms. The highest BCUT2D eigenvalue weighted by Crippen LogP contribution is 2.42. The van der Waals surface area contributed by atoms with E-state index >= 15 is 0 Å². The first-order valence-corrected chi connectivity index (χ1v) is 10.2. The van der Waals surface area contributed by atoms with E-state index in [9.17, 15) is 9.59 Å². The summed E-state index contributed by atoms with van der Waals surface area (Å²) in [5, 5.41) is 5.31. The van der Waals surface area contributed by atoms with Gasteiger partial charge in [-0.3, -0.25) is 4.79 Å². The maximum Gasteiger partial charge on any atom is 0.341 e. The molecule has 1 aromatic carbocycles. The molecule has 0 spiro atoms. The molecule has 0 aliphatic rings. The summed E-state index contributed by atoms with van der Waals surface area (Å²) in [6.45, 7) is 3.99. The van der Waals surface area contributed by atoms with Crippen LogP contribution in [0.25, 0.3) is 16.5 Å². The van der Waals surface area contributed by atoms with Crippen molar-refractivity contribution < 1.29 is 14.3 Å². The zero-order valence-corrected chi connectivity index (χ0v) is 16.7. The summed E-state index contributed by atoms with van der Waals surface area (Å²) in [7, 11) is 0. The van der Waals surface area contributed by atoms with Crippen LogP contribution in [0.2, 0.25) is 0 Å². The number of hydrogen-bond acceptors (Lipinski definition) is 5. The summed E-state index contributed by atoms with van der Waals surface area (Å²) in [6, 6.07) is 13.5. The number of rotatable bonds is 6. The summed E-state index contributed by atoms with van der Waals surface area (Å²) >= 11 is 2.94. The monoisotopic (exact) mass is 397 g/mol. The van der Waals surface area contributed by atoms with Gasteiger partial charge in [0, 0.05) is 21.4 Å². The second-order valence-electron chi connectivity index (χ2n) is 5.67. The van der Waals surface area contributed by atoms with E-state index in [0.29, 0.717) is 10.6 Å². The number of carbonyl (C=O) groups excluding carboxylic acids is 2. The lowest BCUT2D eigenvalue weighted by atomic mass is 10.1. The SMILES string of the molecule is CCOC(=O)c1c(NC(=O)/C=C/c2ccccc2)sc(C)c1-c1cccs1. The van der Waals surface area contributed by atoms with Crippen molar-refractivity contribution in [2.75, 3.05) is 11.9 Å². The van der Waals surface area contributed by atoms with Crippen molar-refractivity contribution in [1.82, 2.24) is 0 Å². The molecule has 0 saturated carbocycles. The van der Waals surface area contributed by atoms with Gasteiger partial charge in [0.25, 0.3) is 0 Å². The average molecular weight is 398 g/mol. The highest BCUT2D eigenvalue weighted by molar-refractivity contribution is 7.18. The van der Waals surface area contributed by atoms with Crippen molar-refractivity contribution in [2.45, 2.75) is 13.8 Å². The number of nitrogens with one attached hydrogen (secondary N) is 1. The van der Waals surface area contributed by atoms with Crippen molar-refractivity contribution in [3.05, 3.63) is 69.9 Å². The van der Waals surface area contributed by atoms with Gasteiger partial charge in [0.05, 0.1) is 6.61 Å². The lowest BCUT2D eigenvalue weighted by molar-refractivity contribution is -0.111. The van der Waals surface area contributed by atoms with E-state index in [1.165, 1.54) is 17.4 Å². The summed E-state index contributed by atoms with van der Waals surface area (Å²) in [5.41, 5.74) is 2.18. The van der Waals surface area contributed by atoms with Crippen LogP contribution >= 0.6 is 22.7 Å². The first-order valence-electron chi connectivity index (χ1n) is 8.48. The zero-order valence-electron chi connectivity index (χ0n) is 15.0. The van der Waals surface area contributed by atoms with Gasteiger partial charge in [0.15, 0.2) is 0 Å². The van der Waals surface area contributed by atoms with Gasteiger partial charge in [-0.05, 0) is 36.9 Å². The molecule has 0 aliphatic carbocycles. The summed E-state index contributed by atoms with van der Waals surface area (Å²) in [5.74, 6) is -0.712. The van der Waals surface area contributed by atoms with Crippen molar-refractivity contribution in [3.8, 4) is 10.4 Å². The molecule has 0 unspecified atom stereocenters. The van der Waals surface area contributed by atoms with Crippen LogP contribution in [0.4, 0.5) is 5.00 Å². The molecule has 2 heterocycles.